The maximum Gasteiger partial charge on any atom is 0.148 e. The third-order valence-corrected chi connectivity index (χ3v) is 5.04. The fraction of sp³-hybridized carbons (Fsp3) is 0.722. The van der Waals surface area contributed by atoms with E-state index in [9.17, 15) is 9.90 Å². The molecule has 1 N–H and O–H groups in total. The monoisotopic (exact) mass is 306 g/mol. The topological polar surface area (TPSA) is 43.8 Å². The highest BCUT2D eigenvalue weighted by Gasteiger charge is 2.39. The summed E-state index contributed by atoms with van der Waals surface area (Å²) in [6, 6.07) is 0. The normalized spacial score (nSPS) is 31.6. The van der Waals surface area contributed by atoms with Crippen LogP contribution in [0.15, 0.2) is 23.3 Å². The minimum absolute atomic E-state index is 0.0227. The average Bonchev–Trinajstić information content (AvgIpc) is 2.41. The molecule has 2 atom stereocenters. The van der Waals surface area contributed by atoms with Gasteiger partial charge in [0.25, 0.3) is 0 Å². The maximum atomic E-state index is 11.5. The molecule has 0 radical (unpaired) electrons. The van der Waals surface area contributed by atoms with Gasteiger partial charge in [-0.15, -0.1) is 0 Å². The molecule has 1 fully saturated rings. The summed E-state index contributed by atoms with van der Waals surface area (Å²) in [6.07, 6.45) is 4.86. The van der Waals surface area contributed by atoms with Gasteiger partial charge >= 0.3 is 0 Å². The van der Waals surface area contributed by atoms with Crippen molar-refractivity contribution in [3.63, 3.8) is 0 Å². The van der Waals surface area contributed by atoms with Crippen molar-refractivity contribution in [3.8, 4) is 0 Å². The SMILES string of the molecule is CN1CCN(CC2C=C(C(C)(C)C)C=C(C=O)C2(C)O)CC1. The van der Waals surface area contributed by atoms with Crippen LogP contribution in [-0.4, -0.2) is 66.6 Å². The number of nitrogens with zero attached hydrogens (tertiary/aromatic N) is 2. The number of hydrogen-bond donors (Lipinski definition) is 1. The number of carbonyl (C=O) groups is 1. The summed E-state index contributed by atoms with van der Waals surface area (Å²) in [7, 11) is 2.14. The number of hydrogen-bond acceptors (Lipinski definition) is 4. The van der Waals surface area contributed by atoms with Crippen molar-refractivity contribution < 1.29 is 9.90 Å². The Morgan fingerprint density at radius 3 is 2.41 bits per heavy atom. The maximum absolute atomic E-state index is 11.5. The Kier molecular flexibility index (Phi) is 4.95. The second-order valence-electron chi connectivity index (χ2n) is 7.95. The smallest absolute Gasteiger partial charge is 0.148 e. The summed E-state index contributed by atoms with van der Waals surface area (Å²) in [6.45, 7) is 13.1. The minimum atomic E-state index is -1.08. The molecule has 2 unspecified atom stereocenters. The quantitative estimate of drug-likeness (QED) is 0.806. The molecule has 1 aliphatic carbocycles. The molecule has 124 valence electrons. The second-order valence-corrected chi connectivity index (χ2v) is 7.95. The lowest BCUT2D eigenvalue weighted by molar-refractivity contribution is -0.107. The Morgan fingerprint density at radius 2 is 1.91 bits per heavy atom. The zero-order chi connectivity index (χ0) is 16.5. The molecule has 0 amide bonds. The van der Waals surface area contributed by atoms with Gasteiger partial charge in [0, 0.05) is 44.2 Å². The molecule has 4 nitrogen and oxygen atoms in total. The van der Waals surface area contributed by atoms with E-state index < -0.39 is 5.60 Å². The van der Waals surface area contributed by atoms with E-state index in [-0.39, 0.29) is 11.3 Å². The molecule has 0 bridgehead atoms. The summed E-state index contributed by atoms with van der Waals surface area (Å²) in [5.41, 5.74) is 0.532. The molecule has 1 heterocycles. The van der Waals surface area contributed by atoms with Gasteiger partial charge in [-0.1, -0.05) is 26.8 Å². The van der Waals surface area contributed by atoms with Crippen molar-refractivity contribution in [2.75, 3.05) is 39.8 Å². The molecule has 0 aromatic rings. The predicted molar refractivity (Wildman–Crippen MR) is 89.7 cm³/mol. The van der Waals surface area contributed by atoms with Crippen molar-refractivity contribution in [2.24, 2.45) is 11.3 Å². The number of piperazine rings is 1. The Balaban J connectivity index is 2.22. The van der Waals surface area contributed by atoms with Crippen LogP contribution in [0, 0.1) is 11.3 Å². The van der Waals surface area contributed by atoms with Crippen molar-refractivity contribution in [2.45, 2.75) is 33.3 Å². The van der Waals surface area contributed by atoms with Crippen LogP contribution in [-0.2, 0) is 4.79 Å². The highest BCUT2D eigenvalue weighted by Crippen LogP contribution is 2.38. The van der Waals surface area contributed by atoms with Crippen LogP contribution < -0.4 is 0 Å². The molecule has 1 saturated heterocycles. The van der Waals surface area contributed by atoms with E-state index in [0.29, 0.717) is 5.57 Å². The van der Waals surface area contributed by atoms with E-state index in [1.807, 2.05) is 6.08 Å². The molecule has 0 aromatic carbocycles. The summed E-state index contributed by atoms with van der Waals surface area (Å²) in [5, 5.41) is 10.9. The van der Waals surface area contributed by atoms with Crippen LogP contribution >= 0.6 is 0 Å². The number of rotatable bonds is 3. The van der Waals surface area contributed by atoms with E-state index in [1.54, 1.807) is 6.92 Å². The van der Waals surface area contributed by atoms with Gasteiger partial charge in [-0.25, -0.2) is 0 Å². The summed E-state index contributed by atoms with van der Waals surface area (Å²) in [5.74, 6) is -0.0460. The molecule has 0 spiro atoms. The van der Waals surface area contributed by atoms with Crippen LogP contribution in [0.5, 0.6) is 0 Å². The number of allylic oxidation sites excluding steroid dienone is 2. The highest BCUT2D eigenvalue weighted by atomic mass is 16.3. The second kappa shape index (κ2) is 6.26. The van der Waals surface area contributed by atoms with Crippen LogP contribution in [0.1, 0.15) is 27.7 Å². The first-order valence-electron chi connectivity index (χ1n) is 8.17. The van der Waals surface area contributed by atoms with E-state index >= 15 is 0 Å². The van der Waals surface area contributed by atoms with Crippen LogP contribution in [0.2, 0.25) is 0 Å². The first-order valence-corrected chi connectivity index (χ1v) is 8.17. The van der Waals surface area contributed by atoms with Crippen molar-refractivity contribution in [1.82, 2.24) is 9.80 Å². The molecule has 4 heteroatoms. The first-order chi connectivity index (χ1) is 10.1. The van der Waals surface area contributed by atoms with Gasteiger partial charge in [0.1, 0.15) is 6.29 Å². The van der Waals surface area contributed by atoms with Gasteiger partial charge in [-0.2, -0.15) is 0 Å². The Bertz CT molecular complexity index is 478. The molecule has 0 saturated carbocycles. The highest BCUT2D eigenvalue weighted by molar-refractivity contribution is 5.78. The van der Waals surface area contributed by atoms with Gasteiger partial charge in [0.2, 0.25) is 0 Å². The number of likely N-dealkylation sites (N-methyl/N-ethyl adjacent to an activating group) is 1. The fourth-order valence-electron chi connectivity index (χ4n) is 3.11. The summed E-state index contributed by atoms with van der Waals surface area (Å²) < 4.78 is 0. The lowest BCUT2D eigenvalue weighted by atomic mass is 9.72. The summed E-state index contributed by atoms with van der Waals surface area (Å²) >= 11 is 0. The predicted octanol–water partition coefficient (Wildman–Crippen LogP) is 1.71. The lowest BCUT2D eigenvalue weighted by Gasteiger charge is -2.41. The molecule has 0 aromatic heterocycles. The van der Waals surface area contributed by atoms with Gasteiger partial charge in [0.05, 0.1) is 5.60 Å². The van der Waals surface area contributed by atoms with E-state index in [1.165, 1.54) is 0 Å². The van der Waals surface area contributed by atoms with Gasteiger partial charge in [-0.3, -0.25) is 4.79 Å². The fourth-order valence-corrected chi connectivity index (χ4v) is 3.11. The Morgan fingerprint density at radius 1 is 1.32 bits per heavy atom. The Hall–Kier alpha value is -0.970. The van der Waals surface area contributed by atoms with Crippen molar-refractivity contribution >= 4 is 6.29 Å². The number of aliphatic hydroxyl groups is 1. The molecular formula is C18H30N2O2. The van der Waals surface area contributed by atoms with Gasteiger partial charge in [0.15, 0.2) is 0 Å². The standard InChI is InChI=1S/C18H30N2O2/c1-17(2,3)14-10-15(18(4,22)16(11-14)13-21)12-20-8-6-19(5)7-9-20/h10-11,13,15,22H,6-9,12H2,1-5H3. The van der Waals surface area contributed by atoms with Crippen molar-refractivity contribution in [1.29, 1.82) is 0 Å². The van der Waals surface area contributed by atoms with Crippen LogP contribution in [0.3, 0.4) is 0 Å². The zero-order valence-electron chi connectivity index (χ0n) is 14.6. The van der Waals surface area contributed by atoms with Gasteiger partial charge < -0.3 is 14.9 Å². The van der Waals surface area contributed by atoms with E-state index in [0.717, 1.165) is 44.6 Å². The summed E-state index contributed by atoms with van der Waals surface area (Å²) in [4.78, 5) is 16.2. The zero-order valence-corrected chi connectivity index (χ0v) is 14.6. The van der Waals surface area contributed by atoms with Crippen LogP contribution in [0.25, 0.3) is 0 Å². The van der Waals surface area contributed by atoms with Crippen LogP contribution in [0.4, 0.5) is 0 Å². The molecule has 22 heavy (non-hydrogen) atoms. The van der Waals surface area contributed by atoms with E-state index in [4.69, 9.17) is 0 Å². The largest absolute Gasteiger partial charge is 0.385 e. The third-order valence-electron chi connectivity index (χ3n) is 5.04. The molecular weight excluding hydrogens is 276 g/mol. The third kappa shape index (κ3) is 3.67. The lowest BCUT2D eigenvalue weighted by Crippen LogP contribution is -2.50. The van der Waals surface area contributed by atoms with Gasteiger partial charge in [-0.05, 0) is 31.0 Å². The number of carbonyl (C=O) groups excluding carboxylic acids is 1. The Labute approximate surface area is 134 Å². The average molecular weight is 306 g/mol. The minimum Gasteiger partial charge on any atom is -0.385 e. The molecule has 1 aliphatic heterocycles. The molecule has 2 aliphatic rings. The van der Waals surface area contributed by atoms with E-state index in [2.05, 4.69) is 43.7 Å². The first kappa shape index (κ1) is 17.4. The van der Waals surface area contributed by atoms with Crippen molar-refractivity contribution in [3.05, 3.63) is 23.3 Å². The number of aldehydes is 1. The molecule has 2 rings (SSSR count).